The van der Waals surface area contributed by atoms with E-state index in [2.05, 4.69) is 0 Å². The summed E-state index contributed by atoms with van der Waals surface area (Å²) < 4.78 is 5.86. The summed E-state index contributed by atoms with van der Waals surface area (Å²) in [6.07, 6.45) is -0.616. The molecule has 0 saturated heterocycles. The van der Waals surface area contributed by atoms with E-state index < -0.39 is 6.10 Å². The number of halogens is 1. The molecule has 5 nitrogen and oxygen atoms in total. The number of benzene rings is 2. The Labute approximate surface area is 171 Å². The molecule has 2 aromatic carbocycles. The van der Waals surface area contributed by atoms with Crippen LogP contribution < -0.4 is 4.74 Å². The average Bonchev–Trinajstić information content (AvgIpc) is 2.67. The van der Waals surface area contributed by atoms with E-state index in [1.165, 1.54) is 4.90 Å². The largest absolute Gasteiger partial charge is 0.481 e. The van der Waals surface area contributed by atoms with Crippen molar-refractivity contribution in [3.63, 3.8) is 0 Å². The van der Waals surface area contributed by atoms with Gasteiger partial charge in [0.05, 0.1) is 0 Å². The normalized spacial score (nSPS) is 11.6. The van der Waals surface area contributed by atoms with Crippen LogP contribution in [-0.4, -0.2) is 48.4 Å². The summed E-state index contributed by atoms with van der Waals surface area (Å²) in [6.45, 7) is 6.59. The number of nitrogens with zero attached hydrogens (tertiary/aromatic N) is 2. The summed E-state index contributed by atoms with van der Waals surface area (Å²) in [7, 11) is 3.44. The molecule has 1 atom stereocenters. The number of carbonyl (C=O) groups excluding carboxylic acids is 2. The lowest BCUT2D eigenvalue weighted by atomic mass is 10.1. The zero-order valence-corrected chi connectivity index (χ0v) is 17.8. The van der Waals surface area contributed by atoms with E-state index in [9.17, 15) is 9.59 Å². The van der Waals surface area contributed by atoms with Crippen LogP contribution in [0.3, 0.4) is 0 Å². The molecule has 0 aliphatic heterocycles. The monoisotopic (exact) mass is 402 g/mol. The molecule has 0 radical (unpaired) electrons. The van der Waals surface area contributed by atoms with Gasteiger partial charge >= 0.3 is 0 Å². The molecule has 2 aromatic rings. The molecule has 0 fully saturated rings. The molecule has 1 unspecified atom stereocenters. The van der Waals surface area contributed by atoms with Crippen molar-refractivity contribution in [2.24, 2.45) is 0 Å². The van der Waals surface area contributed by atoms with Gasteiger partial charge in [-0.3, -0.25) is 9.59 Å². The van der Waals surface area contributed by atoms with Crippen LogP contribution in [0.5, 0.6) is 5.75 Å². The summed E-state index contributed by atoms with van der Waals surface area (Å²) in [5, 5.41) is 0.634. The van der Waals surface area contributed by atoms with E-state index >= 15 is 0 Å². The van der Waals surface area contributed by atoms with Crippen LogP contribution >= 0.6 is 11.6 Å². The maximum absolute atomic E-state index is 12.8. The van der Waals surface area contributed by atoms with E-state index in [0.29, 0.717) is 29.4 Å². The number of likely N-dealkylation sites (N-methyl/N-ethyl adjacent to an activating group) is 1. The predicted molar refractivity (Wildman–Crippen MR) is 112 cm³/mol. The summed E-state index contributed by atoms with van der Waals surface area (Å²) in [4.78, 5) is 28.1. The van der Waals surface area contributed by atoms with Crippen LogP contribution in [0.1, 0.15) is 35.3 Å². The van der Waals surface area contributed by atoms with Crippen LogP contribution in [0.4, 0.5) is 0 Å². The Morgan fingerprint density at radius 2 is 1.75 bits per heavy atom. The minimum absolute atomic E-state index is 0.0460. The van der Waals surface area contributed by atoms with Gasteiger partial charge in [-0.2, -0.15) is 0 Å². The summed E-state index contributed by atoms with van der Waals surface area (Å²) >= 11 is 5.97. The van der Waals surface area contributed by atoms with Gasteiger partial charge in [-0.15, -0.1) is 0 Å². The van der Waals surface area contributed by atoms with E-state index in [-0.39, 0.29) is 11.8 Å². The van der Waals surface area contributed by atoms with Crippen molar-refractivity contribution in [3.8, 4) is 5.75 Å². The highest BCUT2D eigenvalue weighted by Crippen LogP contribution is 2.23. The molecule has 0 bridgehead atoms. The quantitative estimate of drug-likeness (QED) is 0.698. The van der Waals surface area contributed by atoms with Gasteiger partial charge in [0.1, 0.15) is 5.75 Å². The fourth-order valence-corrected chi connectivity index (χ4v) is 3.05. The van der Waals surface area contributed by atoms with Gasteiger partial charge in [-0.1, -0.05) is 23.7 Å². The van der Waals surface area contributed by atoms with Gasteiger partial charge in [0.25, 0.3) is 11.8 Å². The van der Waals surface area contributed by atoms with Crippen LogP contribution in [0.25, 0.3) is 0 Å². The first-order valence-corrected chi connectivity index (χ1v) is 9.63. The average molecular weight is 403 g/mol. The van der Waals surface area contributed by atoms with E-state index in [4.69, 9.17) is 16.3 Å². The molecule has 0 aliphatic rings. The Kier molecular flexibility index (Phi) is 7.46. The summed E-state index contributed by atoms with van der Waals surface area (Å²) in [6, 6.07) is 12.7. The molecule has 2 rings (SSSR count). The number of amides is 2. The van der Waals surface area contributed by atoms with Crippen LogP contribution in [-0.2, 0) is 11.3 Å². The standard InChI is InChI=1S/C22H27ClN2O3/c1-6-25(14-17-7-9-18(10-8-17)22(27)24(4)5)21(26)16(3)28-20-12-11-19(23)13-15(20)2/h7-13,16H,6,14H2,1-5H3. The van der Waals surface area contributed by atoms with Crippen molar-refractivity contribution < 1.29 is 14.3 Å². The fourth-order valence-electron chi connectivity index (χ4n) is 2.82. The lowest BCUT2D eigenvalue weighted by molar-refractivity contribution is -0.138. The Hall–Kier alpha value is -2.53. The summed E-state index contributed by atoms with van der Waals surface area (Å²) in [5.74, 6) is 0.508. The van der Waals surface area contributed by atoms with Crippen LogP contribution in [0.2, 0.25) is 5.02 Å². The van der Waals surface area contributed by atoms with Crippen molar-refractivity contribution >= 4 is 23.4 Å². The molecule has 0 aromatic heterocycles. The number of ether oxygens (including phenoxy) is 1. The SMILES string of the molecule is CCN(Cc1ccc(C(=O)N(C)C)cc1)C(=O)C(C)Oc1ccc(Cl)cc1C. The van der Waals surface area contributed by atoms with Crippen molar-refractivity contribution in [1.29, 1.82) is 0 Å². The first kappa shape index (κ1) is 21.8. The molecule has 0 N–H and O–H groups in total. The Bertz CT molecular complexity index is 834. The zero-order chi connectivity index (χ0) is 20.8. The van der Waals surface area contributed by atoms with Crippen molar-refractivity contribution in [2.75, 3.05) is 20.6 Å². The molecule has 6 heteroatoms. The number of rotatable bonds is 7. The maximum Gasteiger partial charge on any atom is 0.263 e. The van der Waals surface area contributed by atoms with E-state index in [1.807, 2.05) is 32.0 Å². The first-order chi connectivity index (χ1) is 13.2. The Balaban J connectivity index is 2.05. The minimum atomic E-state index is -0.616. The number of carbonyl (C=O) groups is 2. The van der Waals surface area contributed by atoms with Gasteiger partial charge in [-0.25, -0.2) is 0 Å². The smallest absolute Gasteiger partial charge is 0.263 e. The maximum atomic E-state index is 12.8. The molecule has 28 heavy (non-hydrogen) atoms. The van der Waals surface area contributed by atoms with Crippen molar-refractivity contribution in [3.05, 3.63) is 64.2 Å². The minimum Gasteiger partial charge on any atom is -0.481 e. The molecule has 0 spiro atoms. The van der Waals surface area contributed by atoms with Crippen molar-refractivity contribution in [2.45, 2.75) is 33.4 Å². The van der Waals surface area contributed by atoms with E-state index in [0.717, 1.165) is 11.1 Å². The van der Waals surface area contributed by atoms with Gasteiger partial charge in [-0.05, 0) is 62.2 Å². The van der Waals surface area contributed by atoms with Crippen LogP contribution in [0, 0.1) is 6.92 Å². The molecular weight excluding hydrogens is 376 g/mol. The summed E-state index contributed by atoms with van der Waals surface area (Å²) in [5.41, 5.74) is 2.47. The highest BCUT2D eigenvalue weighted by atomic mass is 35.5. The first-order valence-electron chi connectivity index (χ1n) is 9.25. The van der Waals surface area contributed by atoms with Gasteiger partial charge in [0.2, 0.25) is 0 Å². The Morgan fingerprint density at radius 1 is 1.11 bits per heavy atom. The third-order valence-corrected chi connectivity index (χ3v) is 4.70. The number of aryl methyl sites for hydroxylation is 1. The number of hydrogen-bond donors (Lipinski definition) is 0. The third-order valence-electron chi connectivity index (χ3n) is 4.46. The number of hydrogen-bond acceptors (Lipinski definition) is 3. The fraction of sp³-hybridized carbons (Fsp3) is 0.364. The second-order valence-electron chi connectivity index (χ2n) is 6.92. The lowest BCUT2D eigenvalue weighted by Gasteiger charge is -2.25. The Morgan fingerprint density at radius 3 is 2.29 bits per heavy atom. The highest BCUT2D eigenvalue weighted by Gasteiger charge is 2.22. The third kappa shape index (κ3) is 5.49. The topological polar surface area (TPSA) is 49.9 Å². The highest BCUT2D eigenvalue weighted by molar-refractivity contribution is 6.30. The zero-order valence-electron chi connectivity index (χ0n) is 17.0. The molecular formula is C22H27ClN2O3. The molecule has 150 valence electrons. The molecule has 2 amide bonds. The molecule has 0 saturated carbocycles. The molecule has 0 heterocycles. The lowest BCUT2D eigenvalue weighted by Crippen LogP contribution is -2.40. The van der Waals surface area contributed by atoms with Crippen molar-refractivity contribution in [1.82, 2.24) is 9.80 Å². The van der Waals surface area contributed by atoms with Gasteiger partial charge in [0.15, 0.2) is 6.10 Å². The molecule has 0 aliphatic carbocycles. The van der Waals surface area contributed by atoms with Gasteiger partial charge < -0.3 is 14.5 Å². The second kappa shape index (κ2) is 9.60. The second-order valence-corrected chi connectivity index (χ2v) is 7.36. The van der Waals surface area contributed by atoms with Crippen LogP contribution in [0.15, 0.2) is 42.5 Å². The predicted octanol–water partition coefficient (Wildman–Crippen LogP) is 4.17. The van der Waals surface area contributed by atoms with E-state index in [1.54, 1.807) is 50.2 Å². The van der Waals surface area contributed by atoms with Gasteiger partial charge in [0, 0.05) is 37.8 Å².